The largest absolute Gasteiger partial charge is 0.490 e. The highest BCUT2D eigenvalue weighted by molar-refractivity contribution is 6.29. The maximum Gasteiger partial charge on any atom is 0.241 e. The molecule has 1 amide bonds. The van der Waals surface area contributed by atoms with Gasteiger partial charge in [0, 0.05) is 12.2 Å². The van der Waals surface area contributed by atoms with Gasteiger partial charge in [-0.25, -0.2) is 0 Å². The van der Waals surface area contributed by atoms with Crippen LogP contribution in [0.3, 0.4) is 0 Å². The van der Waals surface area contributed by atoms with Crippen LogP contribution in [0.15, 0.2) is 18.2 Å². The zero-order valence-corrected chi connectivity index (χ0v) is 15.7. The van der Waals surface area contributed by atoms with Crippen molar-refractivity contribution in [2.75, 3.05) is 17.3 Å². The van der Waals surface area contributed by atoms with Gasteiger partial charge in [0.2, 0.25) is 5.91 Å². The molecule has 3 rings (SSSR count). The number of alkyl halides is 1. The Hall–Kier alpha value is -1.22. The first-order valence-corrected chi connectivity index (χ1v) is 9.58. The Balaban J connectivity index is 1.61. The van der Waals surface area contributed by atoms with Crippen molar-refractivity contribution in [1.82, 2.24) is 0 Å². The van der Waals surface area contributed by atoms with Crippen molar-refractivity contribution in [2.45, 2.75) is 59.0 Å². The topological polar surface area (TPSA) is 29.5 Å². The summed E-state index contributed by atoms with van der Waals surface area (Å²) in [6.07, 6.45) is 5.97. The molecule has 0 bridgehead atoms. The molecule has 1 fully saturated rings. The summed E-state index contributed by atoms with van der Waals surface area (Å²) in [4.78, 5) is 13.6. The van der Waals surface area contributed by atoms with Crippen molar-refractivity contribution >= 4 is 23.2 Å². The number of ether oxygens (including phenoxy) is 1. The van der Waals surface area contributed by atoms with E-state index in [-0.39, 0.29) is 11.8 Å². The molecule has 0 atom stereocenters. The molecule has 0 N–H and O–H groups in total. The lowest BCUT2D eigenvalue weighted by Gasteiger charge is -2.37. The second kappa shape index (κ2) is 6.95. The summed E-state index contributed by atoms with van der Waals surface area (Å²) in [5.41, 5.74) is 2.58. The number of hydrogen-bond acceptors (Lipinski definition) is 2. The van der Waals surface area contributed by atoms with Gasteiger partial charge in [0.05, 0.1) is 6.10 Å². The molecule has 0 radical (unpaired) electrons. The van der Waals surface area contributed by atoms with Gasteiger partial charge in [-0.05, 0) is 67.2 Å². The summed E-state index contributed by atoms with van der Waals surface area (Å²) < 4.78 is 6.23. The van der Waals surface area contributed by atoms with Crippen LogP contribution >= 0.6 is 11.6 Å². The molecule has 132 valence electrons. The molecule has 24 heavy (non-hydrogen) atoms. The Kier molecular flexibility index (Phi) is 5.10. The van der Waals surface area contributed by atoms with Crippen LogP contribution in [0.4, 0.5) is 5.69 Å². The molecule has 0 aromatic heterocycles. The van der Waals surface area contributed by atoms with E-state index in [2.05, 4.69) is 26.8 Å². The van der Waals surface area contributed by atoms with Crippen LogP contribution in [-0.4, -0.2) is 24.4 Å². The smallest absolute Gasteiger partial charge is 0.241 e. The number of hydrogen-bond donors (Lipinski definition) is 0. The maximum absolute atomic E-state index is 11.9. The van der Waals surface area contributed by atoms with Gasteiger partial charge in [-0.1, -0.05) is 20.8 Å². The van der Waals surface area contributed by atoms with Crippen LogP contribution < -0.4 is 9.64 Å². The highest BCUT2D eigenvalue weighted by Gasteiger charge is 2.31. The van der Waals surface area contributed by atoms with Crippen LogP contribution in [-0.2, 0) is 11.2 Å². The fourth-order valence-corrected chi connectivity index (χ4v) is 4.17. The van der Waals surface area contributed by atoms with E-state index in [0.29, 0.717) is 11.5 Å². The molecule has 1 aliphatic carbocycles. The number of fused-ring (bicyclic) bond motifs is 1. The van der Waals surface area contributed by atoms with Crippen LogP contribution in [0.25, 0.3) is 0 Å². The molecule has 2 aliphatic rings. The third-order valence-electron chi connectivity index (χ3n) is 5.56. The van der Waals surface area contributed by atoms with Crippen molar-refractivity contribution in [3.8, 4) is 5.75 Å². The van der Waals surface area contributed by atoms with Crippen molar-refractivity contribution < 1.29 is 9.53 Å². The minimum absolute atomic E-state index is 0.0235. The Morgan fingerprint density at radius 2 is 1.96 bits per heavy atom. The first-order chi connectivity index (χ1) is 11.4. The lowest BCUT2D eigenvalue weighted by Crippen LogP contribution is -2.30. The average molecular weight is 350 g/mol. The predicted molar refractivity (Wildman–Crippen MR) is 99.0 cm³/mol. The van der Waals surface area contributed by atoms with Crippen molar-refractivity contribution in [2.24, 2.45) is 11.3 Å². The third-order valence-corrected chi connectivity index (χ3v) is 5.79. The normalized spacial score (nSPS) is 23.9. The summed E-state index contributed by atoms with van der Waals surface area (Å²) in [6, 6.07) is 6.10. The van der Waals surface area contributed by atoms with Crippen LogP contribution in [0.5, 0.6) is 5.75 Å². The van der Waals surface area contributed by atoms with Crippen LogP contribution in [0, 0.1) is 11.3 Å². The number of nitrogens with zero attached hydrogens (tertiary/aromatic N) is 1. The van der Waals surface area contributed by atoms with Crippen molar-refractivity contribution in [3.05, 3.63) is 23.8 Å². The Morgan fingerprint density at radius 3 is 2.58 bits per heavy atom. The van der Waals surface area contributed by atoms with Gasteiger partial charge in [-0.15, -0.1) is 11.6 Å². The first-order valence-electron chi connectivity index (χ1n) is 9.04. The SMILES string of the molecule is CC(C)(C)[C@H]1CC[C@H](Oc2ccc3c(c2)CCN3C(=O)CCl)CC1. The lowest BCUT2D eigenvalue weighted by molar-refractivity contribution is -0.116. The first kappa shape index (κ1) is 17.6. The number of benzene rings is 1. The van der Waals surface area contributed by atoms with E-state index in [1.165, 1.54) is 18.4 Å². The van der Waals surface area contributed by atoms with Crippen LogP contribution in [0.2, 0.25) is 0 Å². The van der Waals surface area contributed by atoms with Gasteiger partial charge in [0.15, 0.2) is 0 Å². The zero-order chi connectivity index (χ0) is 17.3. The number of carbonyl (C=O) groups excluding carboxylic acids is 1. The molecule has 3 nitrogen and oxygen atoms in total. The van der Waals surface area contributed by atoms with E-state index < -0.39 is 0 Å². The van der Waals surface area contributed by atoms with Gasteiger partial charge < -0.3 is 9.64 Å². The van der Waals surface area contributed by atoms with E-state index in [1.807, 2.05) is 12.1 Å². The van der Waals surface area contributed by atoms with Gasteiger partial charge in [0.25, 0.3) is 0 Å². The Morgan fingerprint density at radius 1 is 1.25 bits per heavy atom. The third kappa shape index (κ3) is 3.72. The minimum atomic E-state index is -0.0235. The van der Waals surface area contributed by atoms with E-state index in [1.54, 1.807) is 4.90 Å². The van der Waals surface area contributed by atoms with E-state index in [4.69, 9.17) is 16.3 Å². The number of anilines is 1. The number of halogens is 1. The molecular weight excluding hydrogens is 322 g/mol. The minimum Gasteiger partial charge on any atom is -0.490 e. The standard InChI is InChI=1S/C20H28ClNO2/c1-20(2,3)15-4-6-16(7-5-15)24-17-8-9-18-14(12-17)10-11-22(18)19(23)13-21/h8-9,12,15-16H,4-7,10-11,13H2,1-3H3/t15-,16-. The quantitative estimate of drug-likeness (QED) is 0.734. The molecule has 0 saturated heterocycles. The van der Waals surface area contributed by atoms with Crippen molar-refractivity contribution in [3.63, 3.8) is 0 Å². The molecule has 1 heterocycles. The predicted octanol–water partition coefficient (Wildman–Crippen LogP) is 4.80. The summed E-state index contributed by atoms with van der Waals surface area (Å²) in [5.74, 6) is 1.75. The van der Waals surface area contributed by atoms with Gasteiger partial charge in [-0.3, -0.25) is 4.79 Å². The molecule has 0 spiro atoms. The summed E-state index contributed by atoms with van der Waals surface area (Å²) in [5, 5.41) is 0. The van der Waals surface area contributed by atoms with Gasteiger partial charge in [0.1, 0.15) is 11.6 Å². The highest BCUT2D eigenvalue weighted by atomic mass is 35.5. The highest BCUT2D eigenvalue weighted by Crippen LogP contribution is 2.39. The number of rotatable bonds is 3. The second-order valence-electron chi connectivity index (χ2n) is 8.18. The maximum atomic E-state index is 11.9. The van der Waals surface area contributed by atoms with E-state index >= 15 is 0 Å². The van der Waals surface area contributed by atoms with Gasteiger partial charge >= 0.3 is 0 Å². The fourth-order valence-electron chi connectivity index (χ4n) is 4.02. The Labute approximate surface area is 150 Å². The van der Waals surface area contributed by atoms with Gasteiger partial charge in [-0.2, -0.15) is 0 Å². The van der Waals surface area contributed by atoms with Crippen molar-refractivity contribution in [1.29, 1.82) is 0 Å². The molecule has 1 aromatic carbocycles. The molecule has 1 aliphatic heterocycles. The zero-order valence-electron chi connectivity index (χ0n) is 15.0. The molecular formula is C20H28ClNO2. The molecule has 1 saturated carbocycles. The number of carbonyl (C=O) groups is 1. The monoisotopic (exact) mass is 349 g/mol. The molecule has 0 unspecified atom stereocenters. The fraction of sp³-hybridized carbons (Fsp3) is 0.650. The molecule has 4 heteroatoms. The lowest BCUT2D eigenvalue weighted by atomic mass is 9.72. The van der Waals surface area contributed by atoms with E-state index in [9.17, 15) is 4.79 Å². The second-order valence-corrected chi connectivity index (χ2v) is 8.44. The summed E-state index contributed by atoms with van der Waals surface area (Å²) in [7, 11) is 0. The summed E-state index contributed by atoms with van der Waals surface area (Å²) >= 11 is 5.69. The molecule has 1 aromatic rings. The average Bonchev–Trinajstić information content (AvgIpc) is 2.97. The van der Waals surface area contributed by atoms with Crippen LogP contribution in [0.1, 0.15) is 52.0 Å². The Bertz CT molecular complexity index is 600. The number of amides is 1. The summed E-state index contributed by atoms with van der Waals surface area (Å²) in [6.45, 7) is 7.74. The van der Waals surface area contributed by atoms with E-state index in [0.717, 1.165) is 43.2 Å².